The Balaban J connectivity index is 0.000000437. The lowest BCUT2D eigenvalue weighted by Gasteiger charge is -1.98. The fraction of sp³-hybridized carbons (Fsp3) is 0.333. The number of aryl methyl sites for hydroxylation is 1. The lowest BCUT2D eigenvalue weighted by molar-refractivity contribution is -0.115. The minimum absolute atomic E-state index is 0.224. The van der Waals surface area contributed by atoms with Crippen LogP contribution in [0.15, 0.2) is 17.2 Å². The lowest BCUT2D eigenvalue weighted by atomic mass is 10.3. The lowest BCUT2D eigenvalue weighted by Crippen LogP contribution is -2.06. The summed E-state index contributed by atoms with van der Waals surface area (Å²) in [5.74, 6) is 0. The van der Waals surface area contributed by atoms with Gasteiger partial charge in [0, 0.05) is 20.3 Å². The minimum atomic E-state index is -4.16. The molecule has 1 rings (SSSR count). The van der Waals surface area contributed by atoms with Crippen LogP contribution in [0.5, 0.6) is 0 Å². The Morgan fingerprint density at radius 1 is 1.47 bits per heavy atom. The van der Waals surface area contributed by atoms with E-state index in [4.69, 9.17) is 16.2 Å². The summed E-state index contributed by atoms with van der Waals surface area (Å²) in [5.41, 5.74) is 0.506. The highest BCUT2D eigenvalue weighted by Crippen LogP contribution is 2.15. The molecule has 1 N–H and O–H groups in total. The van der Waals surface area contributed by atoms with E-state index in [0.29, 0.717) is 5.56 Å². The van der Waals surface area contributed by atoms with E-state index in [1.54, 1.807) is 21.0 Å². The van der Waals surface area contributed by atoms with Crippen molar-refractivity contribution in [3.8, 4) is 0 Å². The second-order valence-electron chi connectivity index (χ2n) is 3.32. The van der Waals surface area contributed by atoms with Crippen molar-refractivity contribution < 1.29 is 17.8 Å². The number of halogens is 1. The molecule has 6 nitrogen and oxygen atoms in total. The highest BCUT2D eigenvalue weighted by atomic mass is 35.5. The Kier molecular flexibility index (Phi) is 6.08. The van der Waals surface area contributed by atoms with E-state index in [2.05, 4.69) is 4.98 Å². The van der Waals surface area contributed by atoms with E-state index in [0.717, 1.165) is 12.6 Å². The third-order valence-corrected chi connectivity index (χ3v) is 2.71. The van der Waals surface area contributed by atoms with Gasteiger partial charge in [0.15, 0.2) is 0 Å². The molecule has 1 aromatic heterocycles. The number of pyridine rings is 1. The molecule has 0 unspecified atom stereocenters. The van der Waals surface area contributed by atoms with Gasteiger partial charge in [-0.25, -0.2) is 4.98 Å². The topological polar surface area (TPSA) is 87.6 Å². The van der Waals surface area contributed by atoms with Crippen molar-refractivity contribution in [1.29, 1.82) is 0 Å². The Morgan fingerprint density at radius 2 is 1.94 bits per heavy atom. The quantitative estimate of drug-likeness (QED) is 0.496. The van der Waals surface area contributed by atoms with Crippen molar-refractivity contribution in [2.24, 2.45) is 0 Å². The second kappa shape index (κ2) is 6.53. The molecular weight excluding hydrogens is 268 g/mol. The van der Waals surface area contributed by atoms with E-state index in [9.17, 15) is 13.2 Å². The zero-order valence-electron chi connectivity index (χ0n) is 9.58. The molecule has 1 aromatic rings. The van der Waals surface area contributed by atoms with Gasteiger partial charge < -0.3 is 4.90 Å². The third kappa shape index (κ3) is 6.20. The molecule has 0 saturated carbocycles. The maximum atomic E-state index is 10.6. The van der Waals surface area contributed by atoms with Crippen LogP contribution in [0.25, 0.3) is 0 Å². The number of amides is 1. The third-order valence-electron chi connectivity index (χ3n) is 1.50. The molecule has 0 aliphatic rings. The first-order chi connectivity index (χ1) is 7.68. The van der Waals surface area contributed by atoms with Gasteiger partial charge in [-0.3, -0.25) is 9.35 Å². The van der Waals surface area contributed by atoms with Crippen LogP contribution in [0, 0.1) is 6.92 Å². The van der Waals surface area contributed by atoms with Crippen molar-refractivity contribution in [3.05, 3.63) is 23.0 Å². The summed E-state index contributed by atoms with van der Waals surface area (Å²) < 4.78 is 29.7. The maximum Gasteiger partial charge on any atom is 0.296 e. The molecule has 0 aliphatic heterocycles. The van der Waals surface area contributed by atoms with Crippen LogP contribution < -0.4 is 0 Å². The van der Waals surface area contributed by atoms with Gasteiger partial charge in [0.2, 0.25) is 6.41 Å². The smallest absolute Gasteiger partial charge is 0.296 e. The Hall–Kier alpha value is -1.18. The molecule has 0 fully saturated rings. The van der Waals surface area contributed by atoms with Crippen LogP contribution >= 0.6 is 11.6 Å². The van der Waals surface area contributed by atoms with Gasteiger partial charge in [0.25, 0.3) is 10.1 Å². The summed E-state index contributed by atoms with van der Waals surface area (Å²) in [5, 5.41) is 0.224. The highest BCUT2D eigenvalue weighted by Gasteiger charge is 2.10. The zero-order chi connectivity index (χ0) is 13.6. The van der Waals surface area contributed by atoms with Gasteiger partial charge in [-0.2, -0.15) is 8.42 Å². The molecule has 0 saturated heterocycles. The molecule has 0 bridgehead atoms. The number of hydrogen-bond donors (Lipinski definition) is 1. The number of carbonyl (C=O) groups excluding carboxylic acids is 1. The SMILES string of the molecule is CN(C)C=O.Cc1cc(S(=O)(=O)O)cnc1Cl. The standard InChI is InChI=1S/C6H6ClNO3S.C3H7NO/c1-4-2-5(12(9,10)11)3-8-6(4)7;1-4(2)3-5/h2-3H,1H3,(H,9,10,11);3H,1-2H3. The summed E-state index contributed by atoms with van der Waals surface area (Å²) in [4.78, 5) is 14.2. The average Bonchev–Trinajstić information content (AvgIpc) is 2.21. The molecule has 1 heterocycles. The van der Waals surface area contributed by atoms with E-state index < -0.39 is 10.1 Å². The first-order valence-corrected chi connectivity index (χ1v) is 6.21. The van der Waals surface area contributed by atoms with E-state index in [1.807, 2.05) is 0 Å². The number of hydrogen-bond acceptors (Lipinski definition) is 4. The van der Waals surface area contributed by atoms with Crippen LogP contribution in [0.1, 0.15) is 5.56 Å². The largest absolute Gasteiger partial charge is 0.351 e. The van der Waals surface area contributed by atoms with Gasteiger partial charge in [-0.15, -0.1) is 0 Å². The van der Waals surface area contributed by atoms with Gasteiger partial charge in [0.05, 0.1) is 0 Å². The summed E-state index contributed by atoms with van der Waals surface area (Å²) in [6, 6.07) is 1.25. The van der Waals surface area contributed by atoms with Crippen molar-refractivity contribution >= 4 is 28.1 Å². The molecule has 0 atom stereocenters. The van der Waals surface area contributed by atoms with Gasteiger partial charge in [0.1, 0.15) is 10.0 Å². The Labute approximate surface area is 105 Å². The molecule has 0 aliphatic carbocycles. The summed E-state index contributed by atoms with van der Waals surface area (Å²) >= 11 is 5.54. The fourth-order valence-corrected chi connectivity index (χ4v) is 1.29. The average molecular weight is 281 g/mol. The predicted molar refractivity (Wildman–Crippen MR) is 63.5 cm³/mol. The van der Waals surface area contributed by atoms with E-state index in [-0.39, 0.29) is 10.0 Å². The summed E-state index contributed by atoms with van der Waals surface area (Å²) in [6.07, 6.45) is 1.75. The Bertz CT molecular complexity index is 488. The highest BCUT2D eigenvalue weighted by molar-refractivity contribution is 7.85. The predicted octanol–water partition coefficient (Wildman–Crippen LogP) is 0.995. The van der Waals surface area contributed by atoms with Crippen molar-refractivity contribution in [2.45, 2.75) is 11.8 Å². The first-order valence-electron chi connectivity index (χ1n) is 4.40. The molecule has 1 amide bonds. The van der Waals surface area contributed by atoms with E-state index in [1.165, 1.54) is 11.0 Å². The van der Waals surface area contributed by atoms with Gasteiger partial charge in [-0.1, -0.05) is 11.6 Å². The van der Waals surface area contributed by atoms with Crippen LogP contribution in [0.2, 0.25) is 5.15 Å². The number of nitrogens with zero attached hydrogens (tertiary/aromatic N) is 2. The zero-order valence-corrected chi connectivity index (χ0v) is 11.2. The molecule has 0 aromatic carbocycles. The maximum absolute atomic E-state index is 10.6. The molecule has 0 radical (unpaired) electrons. The molecule has 0 spiro atoms. The molecule has 17 heavy (non-hydrogen) atoms. The van der Waals surface area contributed by atoms with Crippen LogP contribution in [0.3, 0.4) is 0 Å². The number of rotatable bonds is 2. The van der Waals surface area contributed by atoms with Crippen molar-refractivity contribution in [2.75, 3.05) is 14.1 Å². The van der Waals surface area contributed by atoms with Crippen LogP contribution in [0.4, 0.5) is 0 Å². The number of aromatic nitrogens is 1. The summed E-state index contributed by atoms with van der Waals surface area (Å²) in [6.45, 7) is 1.60. The fourth-order valence-electron chi connectivity index (χ4n) is 0.673. The minimum Gasteiger partial charge on any atom is -0.351 e. The summed E-state index contributed by atoms with van der Waals surface area (Å²) in [7, 11) is -0.788. The second-order valence-corrected chi connectivity index (χ2v) is 5.10. The van der Waals surface area contributed by atoms with Gasteiger partial charge in [-0.05, 0) is 18.6 Å². The Morgan fingerprint density at radius 3 is 2.24 bits per heavy atom. The number of carbonyl (C=O) groups is 1. The molecule has 8 heteroatoms. The van der Waals surface area contributed by atoms with Crippen LogP contribution in [-0.4, -0.2) is 43.4 Å². The van der Waals surface area contributed by atoms with Gasteiger partial charge >= 0.3 is 0 Å². The van der Waals surface area contributed by atoms with E-state index >= 15 is 0 Å². The monoisotopic (exact) mass is 280 g/mol. The van der Waals surface area contributed by atoms with Crippen LogP contribution in [-0.2, 0) is 14.9 Å². The van der Waals surface area contributed by atoms with Crippen molar-refractivity contribution in [1.82, 2.24) is 9.88 Å². The van der Waals surface area contributed by atoms with Crippen molar-refractivity contribution in [3.63, 3.8) is 0 Å². The molecule has 96 valence electrons. The first kappa shape index (κ1) is 15.8. The molecular formula is C9H13ClN2O4S. The normalized spacial score (nSPS) is 10.2.